The molecule has 0 aliphatic rings. The molecular weight excluding hydrogens is 230 g/mol. The Morgan fingerprint density at radius 1 is 1.41 bits per heavy atom. The maximum Gasteiger partial charge on any atom is 0.0946 e. The van der Waals surface area contributed by atoms with Gasteiger partial charge in [0, 0.05) is 41.3 Å². The normalized spacial score (nSPS) is 12.8. The quantitative estimate of drug-likeness (QED) is 0.853. The first-order valence-electron chi connectivity index (χ1n) is 6.04. The summed E-state index contributed by atoms with van der Waals surface area (Å²) in [6, 6.07) is 4.90. The molecule has 4 heteroatoms. The van der Waals surface area contributed by atoms with Gasteiger partial charge in [-0.2, -0.15) is 0 Å². The molecule has 3 nitrogen and oxygen atoms in total. The highest BCUT2D eigenvalue weighted by molar-refractivity contribution is 7.11. The number of hydrogen-bond acceptors (Lipinski definition) is 3. The van der Waals surface area contributed by atoms with Crippen LogP contribution in [-0.4, -0.2) is 15.6 Å². The van der Waals surface area contributed by atoms with Gasteiger partial charge in [-0.1, -0.05) is 6.92 Å². The maximum absolute atomic E-state index is 4.05. The summed E-state index contributed by atoms with van der Waals surface area (Å²) < 4.78 is 2.10. The van der Waals surface area contributed by atoms with Gasteiger partial charge in [-0.15, -0.1) is 11.3 Å². The van der Waals surface area contributed by atoms with E-state index in [1.54, 1.807) is 0 Å². The fourth-order valence-corrected chi connectivity index (χ4v) is 2.67. The van der Waals surface area contributed by atoms with Gasteiger partial charge < -0.3 is 9.88 Å². The lowest BCUT2D eigenvalue weighted by Crippen LogP contribution is -2.29. The van der Waals surface area contributed by atoms with Gasteiger partial charge in [-0.25, -0.2) is 4.98 Å². The molecule has 1 atom stereocenters. The van der Waals surface area contributed by atoms with Crippen LogP contribution in [0.25, 0.3) is 0 Å². The minimum absolute atomic E-state index is 0.455. The van der Waals surface area contributed by atoms with E-state index in [0.29, 0.717) is 6.04 Å². The lowest BCUT2D eigenvalue weighted by Gasteiger charge is -2.13. The Kier molecular flexibility index (Phi) is 4.34. The number of imidazole rings is 1. The maximum atomic E-state index is 4.05. The Bertz CT molecular complexity index is 433. The number of nitrogens with one attached hydrogen (secondary N) is 1. The van der Waals surface area contributed by atoms with Crippen molar-refractivity contribution in [3.05, 3.63) is 40.6 Å². The van der Waals surface area contributed by atoms with Crippen LogP contribution in [-0.2, 0) is 19.5 Å². The van der Waals surface area contributed by atoms with Crippen molar-refractivity contribution in [3.8, 4) is 0 Å². The second-order valence-corrected chi connectivity index (χ2v) is 5.52. The van der Waals surface area contributed by atoms with Gasteiger partial charge in [-0.05, 0) is 25.5 Å². The van der Waals surface area contributed by atoms with E-state index in [1.807, 2.05) is 30.1 Å². The van der Waals surface area contributed by atoms with Crippen LogP contribution >= 0.6 is 11.3 Å². The van der Waals surface area contributed by atoms with Crippen LogP contribution in [0.3, 0.4) is 0 Å². The summed E-state index contributed by atoms with van der Waals surface area (Å²) in [7, 11) is 0. The van der Waals surface area contributed by atoms with Crippen LogP contribution in [0.2, 0.25) is 0 Å². The third-order valence-electron chi connectivity index (χ3n) is 2.73. The molecule has 17 heavy (non-hydrogen) atoms. The van der Waals surface area contributed by atoms with Crippen LogP contribution in [0.4, 0.5) is 0 Å². The molecular formula is C13H19N3S. The molecule has 0 radical (unpaired) electrons. The van der Waals surface area contributed by atoms with Gasteiger partial charge in [0.05, 0.1) is 6.33 Å². The SMILES string of the molecule is CCc1ccc(CNC(C)Cn2ccnc2)s1. The van der Waals surface area contributed by atoms with E-state index in [2.05, 4.69) is 40.8 Å². The first-order chi connectivity index (χ1) is 8.28. The van der Waals surface area contributed by atoms with Crippen molar-refractivity contribution < 1.29 is 0 Å². The van der Waals surface area contributed by atoms with Crippen molar-refractivity contribution >= 4 is 11.3 Å². The molecule has 2 aromatic heterocycles. The second-order valence-electron chi connectivity index (χ2n) is 4.26. The highest BCUT2D eigenvalue weighted by atomic mass is 32.1. The number of aryl methyl sites for hydroxylation is 1. The van der Waals surface area contributed by atoms with E-state index in [9.17, 15) is 0 Å². The smallest absolute Gasteiger partial charge is 0.0946 e. The Hall–Kier alpha value is -1.13. The Balaban J connectivity index is 1.77. The summed E-state index contributed by atoms with van der Waals surface area (Å²) in [4.78, 5) is 6.92. The predicted octanol–water partition coefficient (Wildman–Crippen LogP) is 2.69. The van der Waals surface area contributed by atoms with Crippen LogP contribution in [0, 0.1) is 0 Å². The predicted molar refractivity (Wildman–Crippen MR) is 72.2 cm³/mol. The zero-order chi connectivity index (χ0) is 12.1. The molecule has 0 aliphatic heterocycles. The number of thiophene rings is 1. The molecule has 2 rings (SSSR count). The van der Waals surface area contributed by atoms with Crippen molar-refractivity contribution in [2.45, 2.75) is 39.4 Å². The van der Waals surface area contributed by atoms with Crippen molar-refractivity contribution in [2.75, 3.05) is 0 Å². The van der Waals surface area contributed by atoms with E-state index < -0.39 is 0 Å². The summed E-state index contributed by atoms with van der Waals surface area (Å²) in [6.45, 7) is 6.32. The average Bonchev–Trinajstić information content (AvgIpc) is 2.96. The standard InChI is InChI=1S/C13H19N3S/c1-3-12-4-5-13(17-12)8-15-11(2)9-16-7-6-14-10-16/h4-7,10-11,15H,3,8-9H2,1-2H3. The molecule has 0 saturated carbocycles. The largest absolute Gasteiger partial charge is 0.336 e. The van der Waals surface area contributed by atoms with Crippen molar-refractivity contribution in [1.29, 1.82) is 0 Å². The van der Waals surface area contributed by atoms with Gasteiger partial charge in [-0.3, -0.25) is 0 Å². The number of hydrogen-bond donors (Lipinski definition) is 1. The van der Waals surface area contributed by atoms with Gasteiger partial charge in [0.25, 0.3) is 0 Å². The summed E-state index contributed by atoms with van der Waals surface area (Å²) in [6.07, 6.45) is 6.81. The summed E-state index contributed by atoms with van der Waals surface area (Å²) >= 11 is 1.90. The zero-order valence-electron chi connectivity index (χ0n) is 10.4. The Labute approximate surface area is 107 Å². The van der Waals surface area contributed by atoms with E-state index in [-0.39, 0.29) is 0 Å². The van der Waals surface area contributed by atoms with E-state index in [4.69, 9.17) is 0 Å². The molecule has 92 valence electrons. The highest BCUT2D eigenvalue weighted by Gasteiger charge is 2.03. The number of aromatic nitrogens is 2. The Morgan fingerprint density at radius 3 is 2.88 bits per heavy atom. The minimum atomic E-state index is 0.455. The van der Waals surface area contributed by atoms with Crippen molar-refractivity contribution in [2.24, 2.45) is 0 Å². The minimum Gasteiger partial charge on any atom is -0.336 e. The fraction of sp³-hybridized carbons (Fsp3) is 0.462. The molecule has 1 N–H and O–H groups in total. The van der Waals surface area contributed by atoms with Crippen molar-refractivity contribution in [1.82, 2.24) is 14.9 Å². The molecule has 0 fully saturated rings. The van der Waals surface area contributed by atoms with E-state index in [1.165, 1.54) is 9.75 Å². The fourth-order valence-electron chi connectivity index (χ4n) is 1.76. The van der Waals surface area contributed by atoms with Gasteiger partial charge in [0.1, 0.15) is 0 Å². The first kappa shape index (κ1) is 12.3. The summed E-state index contributed by atoms with van der Waals surface area (Å²) in [5, 5.41) is 3.54. The monoisotopic (exact) mass is 249 g/mol. The molecule has 0 aromatic carbocycles. The summed E-state index contributed by atoms with van der Waals surface area (Å²) in [5.74, 6) is 0. The summed E-state index contributed by atoms with van der Waals surface area (Å²) in [5.41, 5.74) is 0. The van der Waals surface area contributed by atoms with Crippen molar-refractivity contribution in [3.63, 3.8) is 0 Å². The lowest BCUT2D eigenvalue weighted by molar-refractivity contribution is 0.478. The highest BCUT2D eigenvalue weighted by Crippen LogP contribution is 2.16. The lowest BCUT2D eigenvalue weighted by atomic mass is 10.3. The number of rotatable bonds is 6. The Morgan fingerprint density at radius 2 is 2.24 bits per heavy atom. The van der Waals surface area contributed by atoms with Crippen LogP contribution in [0.15, 0.2) is 30.9 Å². The van der Waals surface area contributed by atoms with Gasteiger partial charge >= 0.3 is 0 Å². The second kappa shape index (κ2) is 5.98. The van der Waals surface area contributed by atoms with E-state index >= 15 is 0 Å². The average molecular weight is 249 g/mol. The van der Waals surface area contributed by atoms with Crippen LogP contribution < -0.4 is 5.32 Å². The number of nitrogens with zero attached hydrogens (tertiary/aromatic N) is 2. The molecule has 0 aliphatic carbocycles. The molecule has 0 saturated heterocycles. The van der Waals surface area contributed by atoms with E-state index in [0.717, 1.165) is 19.5 Å². The molecule has 0 bridgehead atoms. The first-order valence-corrected chi connectivity index (χ1v) is 6.86. The molecule has 0 amide bonds. The molecule has 2 heterocycles. The van der Waals surface area contributed by atoms with Gasteiger partial charge in [0.15, 0.2) is 0 Å². The third kappa shape index (κ3) is 3.68. The third-order valence-corrected chi connectivity index (χ3v) is 3.96. The van der Waals surface area contributed by atoms with Gasteiger partial charge in [0.2, 0.25) is 0 Å². The van der Waals surface area contributed by atoms with Crippen LogP contribution in [0.1, 0.15) is 23.6 Å². The topological polar surface area (TPSA) is 29.9 Å². The van der Waals surface area contributed by atoms with Crippen LogP contribution in [0.5, 0.6) is 0 Å². The molecule has 0 spiro atoms. The molecule has 2 aromatic rings. The molecule has 1 unspecified atom stereocenters. The zero-order valence-corrected chi connectivity index (χ0v) is 11.2.